The topological polar surface area (TPSA) is 145 Å². The summed E-state index contributed by atoms with van der Waals surface area (Å²) in [5.74, 6) is -1.69. The van der Waals surface area contributed by atoms with Gasteiger partial charge in [0.25, 0.3) is 0 Å². The van der Waals surface area contributed by atoms with E-state index in [1.165, 1.54) is 13.8 Å². The Morgan fingerprint density at radius 2 is 1.81 bits per heavy atom. The van der Waals surface area contributed by atoms with E-state index >= 15 is 0 Å². The van der Waals surface area contributed by atoms with E-state index in [0.29, 0.717) is 0 Å². The fraction of sp³-hybridized carbons (Fsp3) is 0.636. The van der Waals surface area contributed by atoms with Gasteiger partial charge in [-0.25, -0.2) is 9.37 Å². The van der Waals surface area contributed by atoms with Gasteiger partial charge in [-0.1, -0.05) is 26.1 Å². The number of pyridine rings is 2. The van der Waals surface area contributed by atoms with E-state index in [4.69, 9.17) is 21.5 Å². The number of fused-ring (bicyclic) bond motifs is 1. The van der Waals surface area contributed by atoms with Crippen LogP contribution in [0.1, 0.15) is 64.3 Å². The lowest BCUT2D eigenvalue weighted by Gasteiger charge is -2.37. The van der Waals surface area contributed by atoms with Crippen LogP contribution in [0.15, 0.2) is 12.1 Å². The van der Waals surface area contributed by atoms with Crippen LogP contribution in [-0.2, 0) is 20.0 Å². The van der Waals surface area contributed by atoms with Gasteiger partial charge in [0.05, 0.1) is 17.3 Å². The Balaban J connectivity index is 1.92. The Bertz CT molecular complexity index is 1230. The molecule has 0 aromatic rings. The van der Waals surface area contributed by atoms with Crippen molar-refractivity contribution in [2.45, 2.75) is 88.5 Å². The van der Waals surface area contributed by atoms with Crippen molar-refractivity contribution in [2.75, 3.05) is 0 Å². The van der Waals surface area contributed by atoms with Gasteiger partial charge < -0.3 is 34.5 Å². The van der Waals surface area contributed by atoms with Crippen molar-refractivity contribution in [3.63, 3.8) is 0 Å². The molecular weight excluding hydrogens is 543 g/mol. The van der Waals surface area contributed by atoms with Crippen molar-refractivity contribution < 1.29 is 51.6 Å². The number of aliphatic hydroxyl groups is 3. The molecule has 37 heavy (non-hydrogen) atoms. The second kappa shape index (κ2) is 10.2. The summed E-state index contributed by atoms with van der Waals surface area (Å²) in [6, 6.07) is 1.36. The zero-order valence-corrected chi connectivity index (χ0v) is 22.1. The lowest BCUT2D eigenvalue weighted by Crippen LogP contribution is -2.40. The molecule has 0 amide bonds. The van der Waals surface area contributed by atoms with Crippen LogP contribution in [0.3, 0.4) is 0 Å². The number of aromatic amines is 1. The van der Waals surface area contributed by atoms with E-state index in [2.05, 4.69) is 4.98 Å². The highest BCUT2D eigenvalue weighted by molar-refractivity contribution is 7.71. The maximum Gasteiger partial charge on any atom is 0.431 e. The molecule has 0 radical (unpaired) electrons. The summed E-state index contributed by atoms with van der Waals surface area (Å²) in [7, 11) is -4.55. The molecule has 208 valence electrons. The number of aliphatic hydroxyl groups excluding tert-OH is 2. The van der Waals surface area contributed by atoms with Crippen LogP contribution in [0.5, 0.6) is 0 Å². The van der Waals surface area contributed by atoms with Crippen LogP contribution in [0, 0.1) is 10.5 Å². The minimum atomic E-state index is -4.85. The number of nitrogens with one attached hydrogen (secondary N) is 1. The van der Waals surface area contributed by atoms with Crippen molar-refractivity contribution in [2.24, 2.45) is 0 Å². The molecule has 4 unspecified atom stereocenters. The molecule has 3 aliphatic rings. The molecule has 7 atom stereocenters. The number of rotatable bonds is 8. The lowest BCUT2D eigenvalue weighted by atomic mass is 9.92. The highest BCUT2D eigenvalue weighted by Gasteiger charge is 2.51. The van der Waals surface area contributed by atoms with Gasteiger partial charge in [-0.2, -0.15) is 13.2 Å². The predicted molar refractivity (Wildman–Crippen MR) is 126 cm³/mol. The first-order valence-corrected chi connectivity index (χ1v) is 13.4. The highest BCUT2D eigenvalue weighted by Crippen LogP contribution is 2.59. The highest BCUT2D eigenvalue weighted by atomic mass is 32.1. The Morgan fingerprint density at radius 3 is 2.35 bits per heavy atom. The number of nitrogens with zero attached hydrogens (tertiary/aromatic N) is 1. The fourth-order valence-electron chi connectivity index (χ4n) is 3.96. The molecular formula is C22H29F4N2O7PS. The number of halogens is 4. The quantitative estimate of drug-likeness (QED) is 0.176. The first-order chi connectivity index (χ1) is 16.9. The molecule has 15 heteroatoms. The summed E-state index contributed by atoms with van der Waals surface area (Å²) >= 11 is 5.15. The predicted octanol–water partition coefficient (Wildman–Crippen LogP) is 4.44. The van der Waals surface area contributed by atoms with Crippen LogP contribution < -0.4 is 0 Å². The normalized spacial score (nSPS) is 27.6. The molecule has 0 bridgehead atoms. The van der Waals surface area contributed by atoms with E-state index in [1.54, 1.807) is 6.92 Å². The molecule has 0 spiro atoms. The maximum atomic E-state index is 14.5. The number of hydrogen-bond acceptors (Lipinski definition) is 8. The van der Waals surface area contributed by atoms with Crippen molar-refractivity contribution in [3.8, 4) is 11.4 Å². The van der Waals surface area contributed by atoms with Crippen molar-refractivity contribution >= 4 is 19.8 Å². The summed E-state index contributed by atoms with van der Waals surface area (Å²) in [6.07, 6.45) is -10.5. The fourth-order valence-corrected chi connectivity index (χ4v) is 5.62. The Morgan fingerprint density at radius 1 is 1.19 bits per heavy atom. The van der Waals surface area contributed by atoms with Crippen LogP contribution in [-0.4, -0.2) is 59.4 Å². The van der Waals surface area contributed by atoms with E-state index in [0.717, 1.165) is 13.0 Å². The number of ether oxygens (including phenoxy) is 1. The zero-order chi connectivity index (χ0) is 28.1. The van der Waals surface area contributed by atoms with Gasteiger partial charge in [0, 0.05) is 18.1 Å². The van der Waals surface area contributed by atoms with Gasteiger partial charge in [-0.05, 0) is 32.8 Å². The molecule has 3 rings (SSSR count). The van der Waals surface area contributed by atoms with E-state index in [-0.39, 0.29) is 41.1 Å². The maximum absolute atomic E-state index is 14.5. The SMILES string of the molecule is CCC(C)(C[C@H]1O[C@@H](c2cc3c(F)cc(C(F)(F)F)[nH]c-3nc2=S)[C@@H](O)C1O)OP(=O)(O)C(C)(O)CC. The third-order valence-corrected chi connectivity index (χ3v) is 9.32. The van der Waals surface area contributed by atoms with E-state index in [9.17, 15) is 42.3 Å². The Hall–Kier alpha value is -1.51. The molecule has 3 heterocycles. The van der Waals surface area contributed by atoms with Crippen molar-refractivity contribution in [1.29, 1.82) is 0 Å². The van der Waals surface area contributed by atoms with Gasteiger partial charge in [0.15, 0.2) is 5.34 Å². The molecule has 3 aliphatic heterocycles. The van der Waals surface area contributed by atoms with Crippen LogP contribution in [0.25, 0.3) is 11.4 Å². The largest absolute Gasteiger partial charge is 0.431 e. The summed E-state index contributed by atoms with van der Waals surface area (Å²) in [5.41, 5.74) is -3.11. The van der Waals surface area contributed by atoms with Crippen LogP contribution >= 0.6 is 19.8 Å². The van der Waals surface area contributed by atoms with Crippen molar-refractivity contribution in [3.05, 3.63) is 33.8 Å². The average Bonchev–Trinajstić information content (AvgIpc) is 3.05. The second-order valence-electron chi connectivity index (χ2n) is 9.57. The molecule has 1 saturated heterocycles. The monoisotopic (exact) mass is 572 g/mol. The van der Waals surface area contributed by atoms with Crippen LogP contribution in [0.4, 0.5) is 17.6 Å². The molecule has 0 aromatic heterocycles. The lowest BCUT2D eigenvalue weighted by molar-refractivity contribution is -0.141. The Kier molecular flexibility index (Phi) is 8.31. The molecule has 9 nitrogen and oxygen atoms in total. The molecule has 1 fully saturated rings. The van der Waals surface area contributed by atoms with E-state index in [1.807, 2.05) is 4.98 Å². The minimum absolute atomic E-state index is 0.0375. The summed E-state index contributed by atoms with van der Waals surface area (Å²) in [5, 5.41) is 29.6. The van der Waals surface area contributed by atoms with Gasteiger partial charge in [-0.15, -0.1) is 0 Å². The number of H-pyrrole nitrogens is 1. The Labute approximate surface area is 215 Å². The smallest absolute Gasteiger partial charge is 0.388 e. The minimum Gasteiger partial charge on any atom is -0.388 e. The van der Waals surface area contributed by atoms with Gasteiger partial charge in [-0.3, -0.25) is 4.57 Å². The van der Waals surface area contributed by atoms with Crippen molar-refractivity contribution in [1.82, 2.24) is 9.97 Å². The molecule has 0 aromatic carbocycles. The first kappa shape index (κ1) is 30.0. The van der Waals surface area contributed by atoms with Crippen LogP contribution in [0.2, 0.25) is 0 Å². The summed E-state index contributed by atoms with van der Waals surface area (Å²) in [4.78, 5) is 16.2. The van der Waals surface area contributed by atoms with Gasteiger partial charge >= 0.3 is 13.8 Å². The zero-order valence-electron chi connectivity index (χ0n) is 20.4. The second-order valence-corrected chi connectivity index (χ2v) is 12.1. The van der Waals surface area contributed by atoms with Gasteiger partial charge in [0.1, 0.15) is 40.3 Å². The number of alkyl halides is 3. The third-order valence-electron chi connectivity index (χ3n) is 6.77. The molecule has 0 saturated carbocycles. The third kappa shape index (κ3) is 5.91. The number of hydrogen-bond donors (Lipinski definition) is 5. The summed E-state index contributed by atoms with van der Waals surface area (Å²) < 4.78 is 77.3. The summed E-state index contributed by atoms with van der Waals surface area (Å²) in [6.45, 7) is 5.81. The standard InChI is InChI=1S/C22H29F4N2O7PS/c1-5-20(3,35-36(32,33)21(4,31)6-2)9-13-15(29)16(30)17(34-13)11-7-10-12(23)8-14(22(24,25)26)27-18(10)28-19(11)37/h7-8,13,15-17,29-31H,5-6,9H2,1-4H3,(H,32,33)(H,27,28,37)/t13-,15?,16+,17+,20?,21?/m1/s1. The first-order valence-electron chi connectivity index (χ1n) is 11.4. The van der Waals surface area contributed by atoms with E-state index < -0.39 is 66.5 Å². The van der Waals surface area contributed by atoms with Gasteiger partial charge in [0.2, 0.25) is 0 Å². The average molecular weight is 573 g/mol. The number of aromatic nitrogens is 2. The molecule has 5 N–H and O–H groups in total. The molecule has 0 aliphatic carbocycles.